The smallest absolute Gasteiger partial charge is 0.258 e. The van der Waals surface area contributed by atoms with Crippen LogP contribution in [0.4, 0.5) is 11.5 Å². The zero-order valence-corrected chi connectivity index (χ0v) is 16.2. The van der Waals surface area contributed by atoms with Gasteiger partial charge in [-0.1, -0.05) is 12.1 Å². The van der Waals surface area contributed by atoms with Crippen molar-refractivity contribution in [1.82, 2.24) is 19.9 Å². The van der Waals surface area contributed by atoms with Gasteiger partial charge in [-0.15, -0.1) is 0 Å². The van der Waals surface area contributed by atoms with Crippen LogP contribution in [0.1, 0.15) is 23.2 Å². The zero-order valence-electron chi connectivity index (χ0n) is 16.2. The molecule has 3 aromatic rings. The lowest BCUT2D eigenvalue weighted by molar-refractivity contribution is 0.0984. The Morgan fingerprint density at radius 1 is 1.03 bits per heavy atom. The van der Waals surface area contributed by atoms with Crippen LogP contribution < -0.4 is 10.6 Å². The van der Waals surface area contributed by atoms with Crippen LogP contribution in [0.15, 0.2) is 61.2 Å². The Bertz CT molecular complexity index is 937. The number of amides is 1. The van der Waals surface area contributed by atoms with Gasteiger partial charge >= 0.3 is 0 Å². The molecule has 4 rings (SSSR count). The number of aromatic nitrogens is 3. The van der Waals surface area contributed by atoms with Crippen molar-refractivity contribution in [3.8, 4) is 11.3 Å². The van der Waals surface area contributed by atoms with Crippen molar-refractivity contribution in [3.05, 3.63) is 66.7 Å². The van der Waals surface area contributed by atoms with Gasteiger partial charge in [0, 0.05) is 30.4 Å². The quantitative estimate of drug-likeness (QED) is 0.699. The van der Waals surface area contributed by atoms with E-state index in [0.717, 1.165) is 36.6 Å². The summed E-state index contributed by atoms with van der Waals surface area (Å²) in [6.07, 6.45) is 9.07. The van der Waals surface area contributed by atoms with Gasteiger partial charge in [-0.05, 0) is 50.2 Å². The molecule has 148 valence electrons. The average molecular weight is 388 g/mol. The molecule has 7 heteroatoms. The number of carbonyl (C=O) groups excluding carboxylic acids is 1. The van der Waals surface area contributed by atoms with Crippen molar-refractivity contribution in [2.45, 2.75) is 12.8 Å². The number of nitrogen functional groups attached to an aromatic ring is 1. The lowest BCUT2D eigenvalue weighted by Gasteiger charge is -2.25. The molecule has 0 aliphatic carbocycles. The third kappa shape index (κ3) is 4.57. The molecule has 1 aliphatic heterocycles. The highest BCUT2D eigenvalue weighted by atomic mass is 16.2. The van der Waals surface area contributed by atoms with Crippen LogP contribution in [0.2, 0.25) is 0 Å². The summed E-state index contributed by atoms with van der Waals surface area (Å²) >= 11 is 0. The summed E-state index contributed by atoms with van der Waals surface area (Å²) in [6.45, 7) is 3.70. The Morgan fingerprint density at radius 3 is 2.48 bits per heavy atom. The van der Waals surface area contributed by atoms with Gasteiger partial charge in [-0.25, -0.2) is 4.98 Å². The molecule has 1 aliphatic rings. The summed E-state index contributed by atoms with van der Waals surface area (Å²) in [5.74, 6) is 0.345. The minimum atomic E-state index is -0.0351. The molecule has 0 radical (unpaired) electrons. The molecule has 0 unspecified atom stereocenters. The van der Waals surface area contributed by atoms with E-state index in [1.165, 1.54) is 19.0 Å². The molecule has 1 aromatic carbocycles. The van der Waals surface area contributed by atoms with Gasteiger partial charge in [0.15, 0.2) is 0 Å². The Balaban J connectivity index is 1.53. The number of hydrogen-bond acceptors (Lipinski definition) is 6. The minimum absolute atomic E-state index is 0.0351. The van der Waals surface area contributed by atoms with E-state index in [2.05, 4.69) is 19.9 Å². The second-order valence-electron chi connectivity index (χ2n) is 7.12. The molecule has 29 heavy (non-hydrogen) atoms. The van der Waals surface area contributed by atoms with Crippen LogP contribution in [-0.4, -0.2) is 51.9 Å². The molecular formula is C22H24N6O. The normalized spacial score (nSPS) is 14.1. The first-order valence-corrected chi connectivity index (χ1v) is 9.83. The number of rotatable bonds is 6. The predicted octanol–water partition coefficient (Wildman–Crippen LogP) is 2.86. The fourth-order valence-electron chi connectivity index (χ4n) is 3.54. The number of benzene rings is 1. The lowest BCUT2D eigenvalue weighted by Crippen LogP contribution is -2.38. The number of nitrogens with two attached hydrogens (primary N) is 1. The van der Waals surface area contributed by atoms with E-state index in [1.807, 2.05) is 41.3 Å². The molecule has 3 heterocycles. The van der Waals surface area contributed by atoms with E-state index in [-0.39, 0.29) is 5.91 Å². The topological polar surface area (TPSA) is 88.2 Å². The molecule has 1 fully saturated rings. The Morgan fingerprint density at radius 2 is 1.83 bits per heavy atom. The SMILES string of the molecule is Nc1cnc(-c2ccc(C(=O)N(CCN3CCCC3)c3cccnc3)cc2)cn1. The van der Waals surface area contributed by atoms with E-state index < -0.39 is 0 Å². The van der Waals surface area contributed by atoms with Gasteiger partial charge in [0.2, 0.25) is 0 Å². The first-order chi connectivity index (χ1) is 14.2. The largest absolute Gasteiger partial charge is 0.382 e. The molecule has 0 atom stereocenters. The van der Waals surface area contributed by atoms with Crippen molar-refractivity contribution in [1.29, 1.82) is 0 Å². The Kier molecular flexibility index (Phi) is 5.76. The Hall–Kier alpha value is -3.32. The summed E-state index contributed by atoms with van der Waals surface area (Å²) in [6, 6.07) is 11.2. The minimum Gasteiger partial charge on any atom is -0.382 e. The van der Waals surface area contributed by atoms with Crippen molar-refractivity contribution < 1.29 is 4.79 Å². The van der Waals surface area contributed by atoms with Gasteiger partial charge in [0.1, 0.15) is 5.82 Å². The molecule has 1 saturated heterocycles. The first-order valence-electron chi connectivity index (χ1n) is 9.83. The molecule has 2 N–H and O–H groups in total. The highest BCUT2D eigenvalue weighted by Crippen LogP contribution is 2.20. The average Bonchev–Trinajstić information content (AvgIpc) is 3.29. The highest BCUT2D eigenvalue weighted by Gasteiger charge is 2.20. The van der Waals surface area contributed by atoms with Crippen molar-refractivity contribution in [2.75, 3.05) is 36.8 Å². The third-order valence-electron chi connectivity index (χ3n) is 5.14. The maximum atomic E-state index is 13.3. The van der Waals surface area contributed by atoms with Crippen LogP contribution in [0.25, 0.3) is 11.3 Å². The van der Waals surface area contributed by atoms with Crippen molar-refractivity contribution in [2.24, 2.45) is 0 Å². The fraction of sp³-hybridized carbons (Fsp3) is 0.273. The third-order valence-corrected chi connectivity index (χ3v) is 5.14. The van der Waals surface area contributed by atoms with E-state index >= 15 is 0 Å². The Labute approximate surface area is 170 Å². The second-order valence-corrected chi connectivity index (χ2v) is 7.12. The number of pyridine rings is 1. The molecule has 0 spiro atoms. The van der Waals surface area contributed by atoms with Gasteiger partial charge in [0.25, 0.3) is 5.91 Å². The maximum absolute atomic E-state index is 13.3. The van der Waals surface area contributed by atoms with Crippen LogP contribution in [0, 0.1) is 0 Å². The first kappa shape index (κ1) is 19.0. The van der Waals surface area contributed by atoms with Gasteiger partial charge in [-0.2, -0.15) is 0 Å². The van der Waals surface area contributed by atoms with E-state index in [1.54, 1.807) is 18.6 Å². The standard InChI is InChI=1S/C22H24N6O/c23-21-16-25-20(15-26-21)17-5-7-18(8-6-17)22(29)28(19-4-3-9-24-14-19)13-12-27-10-1-2-11-27/h3-9,14-16H,1-2,10-13H2,(H2,23,26). The predicted molar refractivity (Wildman–Crippen MR) is 113 cm³/mol. The number of nitrogens with zero attached hydrogens (tertiary/aromatic N) is 5. The van der Waals surface area contributed by atoms with Crippen LogP contribution >= 0.6 is 0 Å². The van der Waals surface area contributed by atoms with Crippen LogP contribution in [-0.2, 0) is 0 Å². The summed E-state index contributed by atoms with van der Waals surface area (Å²) < 4.78 is 0. The number of anilines is 2. The van der Waals surface area contributed by atoms with Crippen molar-refractivity contribution in [3.63, 3.8) is 0 Å². The lowest BCUT2D eigenvalue weighted by atomic mass is 10.1. The number of likely N-dealkylation sites (tertiary alicyclic amines) is 1. The summed E-state index contributed by atoms with van der Waals surface area (Å²) in [7, 11) is 0. The maximum Gasteiger partial charge on any atom is 0.258 e. The van der Waals surface area contributed by atoms with E-state index in [0.29, 0.717) is 17.9 Å². The molecule has 1 amide bonds. The molecule has 0 saturated carbocycles. The van der Waals surface area contributed by atoms with Gasteiger partial charge in [0.05, 0.1) is 30.0 Å². The zero-order chi connectivity index (χ0) is 20.1. The molecule has 7 nitrogen and oxygen atoms in total. The van der Waals surface area contributed by atoms with Crippen LogP contribution in [0.5, 0.6) is 0 Å². The monoisotopic (exact) mass is 388 g/mol. The highest BCUT2D eigenvalue weighted by molar-refractivity contribution is 6.06. The fourth-order valence-corrected chi connectivity index (χ4v) is 3.54. The molecule has 2 aromatic heterocycles. The second kappa shape index (κ2) is 8.79. The summed E-state index contributed by atoms with van der Waals surface area (Å²) in [5, 5.41) is 0. The van der Waals surface area contributed by atoms with E-state index in [9.17, 15) is 4.79 Å². The number of carbonyl (C=O) groups is 1. The van der Waals surface area contributed by atoms with E-state index in [4.69, 9.17) is 5.73 Å². The van der Waals surface area contributed by atoms with Crippen LogP contribution in [0.3, 0.4) is 0 Å². The number of hydrogen-bond donors (Lipinski definition) is 1. The molecular weight excluding hydrogens is 364 g/mol. The summed E-state index contributed by atoms with van der Waals surface area (Å²) in [4.78, 5) is 30.0. The van der Waals surface area contributed by atoms with Gasteiger partial charge < -0.3 is 15.5 Å². The summed E-state index contributed by atoms with van der Waals surface area (Å²) in [5.41, 5.74) is 8.64. The molecule has 0 bridgehead atoms. The van der Waals surface area contributed by atoms with Gasteiger partial charge in [-0.3, -0.25) is 14.8 Å². The van der Waals surface area contributed by atoms with Crippen molar-refractivity contribution >= 4 is 17.4 Å².